The van der Waals surface area contributed by atoms with Gasteiger partial charge in [-0.1, -0.05) is 31.2 Å². The molecule has 0 unspecified atom stereocenters. The molecule has 1 atom stereocenters. The average molecular weight is 287 g/mol. The summed E-state index contributed by atoms with van der Waals surface area (Å²) in [4.78, 5) is 10.3. The molecule has 0 bridgehead atoms. The van der Waals surface area contributed by atoms with Crippen molar-refractivity contribution in [3.05, 3.63) is 69.8 Å². The van der Waals surface area contributed by atoms with Crippen molar-refractivity contribution in [3.63, 3.8) is 0 Å². The molecule has 2 aromatic rings. The first-order chi connectivity index (χ1) is 10.1. The molecule has 0 aromatic heterocycles. The van der Waals surface area contributed by atoms with Crippen molar-refractivity contribution in [1.29, 1.82) is 0 Å². The van der Waals surface area contributed by atoms with E-state index >= 15 is 0 Å². The standard InChI is InChI=1S/C16H17NO4/c1-2-16(18)13-6-8-15(9-7-13)21-11-12-4-3-5-14(10-12)17(19)20/h3-10,16,18H,2,11H2,1H3/t16-/m0/s1. The Labute approximate surface area is 123 Å². The number of nitrogens with zero attached hydrogens (tertiary/aromatic N) is 1. The van der Waals surface area contributed by atoms with Crippen LogP contribution in [-0.2, 0) is 6.61 Å². The fraction of sp³-hybridized carbons (Fsp3) is 0.250. The van der Waals surface area contributed by atoms with Crippen LogP contribution in [0.1, 0.15) is 30.6 Å². The van der Waals surface area contributed by atoms with Gasteiger partial charge in [0.25, 0.3) is 5.69 Å². The predicted molar refractivity (Wildman–Crippen MR) is 79.1 cm³/mol. The lowest BCUT2D eigenvalue weighted by molar-refractivity contribution is -0.384. The minimum absolute atomic E-state index is 0.0533. The molecule has 0 saturated carbocycles. The summed E-state index contributed by atoms with van der Waals surface area (Å²) in [6.07, 6.45) is 0.198. The van der Waals surface area contributed by atoms with Gasteiger partial charge in [-0.25, -0.2) is 0 Å². The zero-order valence-corrected chi connectivity index (χ0v) is 11.7. The van der Waals surface area contributed by atoms with Crippen molar-refractivity contribution in [2.24, 2.45) is 0 Å². The van der Waals surface area contributed by atoms with Crippen LogP contribution in [-0.4, -0.2) is 10.0 Å². The van der Waals surface area contributed by atoms with Crippen LogP contribution >= 0.6 is 0 Å². The van der Waals surface area contributed by atoms with E-state index in [0.29, 0.717) is 12.2 Å². The summed E-state index contributed by atoms with van der Waals surface area (Å²) in [6, 6.07) is 13.6. The summed E-state index contributed by atoms with van der Waals surface area (Å²) >= 11 is 0. The zero-order chi connectivity index (χ0) is 15.2. The summed E-state index contributed by atoms with van der Waals surface area (Å²) < 4.78 is 5.59. The first-order valence-corrected chi connectivity index (χ1v) is 6.74. The van der Waals surface area contributed by atoms with Crippen LogP contribution in [0.4, 0.5) is 5.69 Å². The van der Waals surface area contributed by atoms with Gasteiger partial charge in [-0.05, 0) is 29.7 Å². The van der Waals surface area contributed by atoms with Gasteiger partial charge < -0.3 is 9.84 Å². The van der Waals surface area contributed by atoms with Crippen LogP contribution < -0.4 is 4.74 Å². The van der Waals surface area contributed by atoms with E-state index in [1.807, 2.05) is 19.1 Å². The minimum Gasteiger partial charge on any atom is -0.489 e. The average Bonchev–Trinajstić information content (AvgIpc) is 2.53. The van der Waals surface area contributed by atoms with Gasteiger partial charge in [-0.3, -0.25) is 10.1 Å². The normalized spacial score (nSPS) is 11.9. The lowest BCUT2D eigenvalue weighted by Crippen LogP contribution is -1.98. The van der Waals surface area contributed by atoms with E-state index in [1.165, 1.54) is 12.1 Å². The predicted octanol–water partition coefficient (Wildman–Crippen LogP) is 3.62. The smallest absolute Gasteiger partial charge is 0.269 e. The number of ether oxygens (including phenoxy) is 1. The SMILES string of the molecule is CC[C@H](O)c1ccc(OCc2cccc([N+](=O)[O-])c2)cc1. The molecule has 0 fully saturated rings. The molecule has 0 saturated heterocycles. The Morgan fingerprint density at radius 2 is 1.95 bits per heavy atom. The van der Waals surface area contributed by atoms with E-state index in [9.17, 15) is 15.2 Å². The second-order valence-electron chi connectivity index (χ2n) is 4.71. The van der Waals surface area contributed by atoms with Gasteiger partial charge in [-0.2, -0.15) is 0 Å². The Hall–Kier alpha value is -2.40. The monoisotopic (exact) mass is 287 g/mol. The number of hydrogen-bond acceptors (Lipinski definition) is 4. The van der Waals surface area contributed by atoms with Crippen LogP contribution in [0.2, 0.25) is 0 Å². The summed E-state index contributed by atoms with van der Waals surface area (Å²) in [5.41, 5.74) is 1.64. The van der Waals surface area contributed by atoms with Gasteiger partial charge in [0.1, 0.15) is 12.4 Å². The topological polar surface area (TPSA) is 72.6 Å². The van der Waals surface area contributed by atoms with Crippen LogP contribution in [0.15, 0.2) is 48.5 Å². The fourth-order valence-electron chi connectivity index (χ4n) is 1.95. The number of nitro benzene ring substituents is 1. The van der Waals surface area contributed by atoms with Gasteiger partial charge in [0.15, 0.2) is 0 Å². The Morgan fingerprint density at radius 3 is 2.57 bits per heavy atom. The maximum absolute atomic E-state index is 10.7. The highest BCUT2D eigenvalue weighted by atomic mass is 16.6. The van der Waals surface area contributed by atoms with Crippen molar-refractivity contribution >= 4 is 5.69 Å². The number of aliphatic hydroxyl groups excluding tert-OH is 1. The maximum atomic E-state index is 10.7. The largest absolute Gasteiger partial charge is 0.489 e. The van der Waals surface area contributed by atoms with E-state index in [4.69, 9.17) is 4.74 Å². The van der Waals surface area contributed by atoms with Crippen molar-refractivity contribution in [2.75, 3.05) is 0 Å². The van der Waals surface area contributed by atoms with Crippen molar-refractivity contribution in [1.82, 2.24) is 0 Å². The quantitative estimate of drug-likeness (QED) is 0.650. The lowest BCUT2D eigenvalue weighted by Gasteiger charge is -2.10. The molecule has 0 spiro atoms. The van der Waals surface area contributed by atoms with Gasteiger partial charge in [0, 0.05) is 12.1 Å². The molecule has 0 aliphatic carbocycles. The highest BCUT2D eigenvalue weighted by molar-refractivity contribution is 5.34. The van der Waals surface area contributed by atoms with E-state index in [2.05, 4.69) is 0 Å². The number of hydrogen-bond donors (Lipinski definition) is 1. The number of non-ortho nitro benzene ring substituents is 1. The lowest BCUT2D eigenvalue weighted by atomic mass is 10.1. The molecule has 2 aromatic carbocycles. The van der Waals surface area contributed by atoms with Gasteiger partial charge in [0.05, 0.1) is 11.0 Å². The second kappa shape index (κ2) is 6.85. The Balaban J connectivity index is 1.99. The van der Waals surface area contributed by atoms with E-state index in [1.54, 1.807) is 24.3 Å². The van der Waals surface area contributed by atoms with Crippen LogP contribution in [0.5, 0.6) is 5.75 Å². The molecule has 1 N–H and O–H groups in total. The molecular formula is C16H17NO4. The molecule has 110 valence electrons. The molecule has 0 heterocycles. The van der Waals surface area contributed by atoms with Crippen molar-refractivity contribution in [3.8, 4) is 5.75 Å². The van der Waals surface area contributed by atoms with E-state index < -0.39 is 11.0 Å². The molecular weight excluding hydrogens is 270 g/mol. The highest BCUT2D eigenvalue weighted by Gasteiger charge is 2.07. The number of aliphatic hydroxyl groups is 1. The van der Waals surface area contributed by atoms with Gasteiger partial charge >= 0.3 is 0 Å². The van der Waals surface area contributed by atoms with Gasteiger partial charge in [0.2, 0.25) is 0 Å². The van der Waals surface area contributed by atoms with E-state index in [0.717, 1.165) is 11.1 Å². The summed E-state index contributed by atoms with van der Waals surface area (Å²) in [5.74, 6) is 0.661. The third kappa shape index (κ3) is 4.03. The Morgan fingerprint density at radius 1 is 1.24 bits per heavy atom. The first kappa shape index (κ1) is 15.0. The molecule has 0 aliphatic heterocycles. The summed E-state index contributed by atoms with van der Waals surface area (Å²) in [5, 5.41) is 20.4. The van der Waals surface area contributed by atoms with Crippen LogP contribution in [0.25, 0.3) is 0 Å². The number of benzene rings is 2. The minimum atomic E-state index is -0.462. The number of nitro groups is 1. The number of rotatable bonds is 6. The highest BCUT2D eigenvalue weighted by Crippen LogP contribution is 2.21. The first-order valence-electron chi connectivity index (χ1n) is 6.74. The molecule has 0 aliphatic rings. The van der Waals surface area contributed by atoms with E-state index in [-0.39, 0.29) is 12.3 Å². The summed E-state index contributed by atoms with van der Waals surface area (Å²) in [7, 11) is 0. The third-order valence-corrected chi connectivity index (χ3v) is 3.18. The third-order valence-electron chi connectivity index (χ3n) is 3.18. The molecule has 2 rings (SSSR count). The molecule has 21 heavy (non-hydrogen) atoms. The van der Waals surface area contributed by atoms with Crippen molar-refractivity contribution in [2.45, 2.75) is 26.1 Å². The second-order valence-corrected chi connectivity index (χ2v) is 4.71. The van der Waals surface area contributed by atoms with Crippen LogP contribution in [0, 0.1) is 10.1 Å². The molecule has 0 radical (unpaired) electrons. The Kier molecular flexibility index (Phi) is 4.90. The van der Waals surface area contributed by atoms with Gasteiger partial charge in [-0.15, -0.1) is 0 Å². The molecule has 5 heteroatoms. The van der Waals surface area contributed by atoms with Crippen LogP contribution in [0.3, 0.4) is 0 Å². The summed E-state index contributed by atoms with van der Waals surface area (Å²) in [6.45, 7) is 2.18. The fourth-order valence-corrected chi connectivity index (χ4v) is 1.95. The molecule has 5 nitrogen and oxygen atoms in total. The molecule has 0 amide bonds. The van der Waals surface area contributed by atoms with Crippen molar-refractivity contribution < 1.29 is 14.8 Å². The maximum Gasteiger partial charge on any atom is 0.269 e. The Bertz CT molecular complexity index is 610. The zero-order valence-electron chi connectivity index (χ0n) is 11.7.